The van der Waals surface area contributed by atoms with E-state index < -0.39 is 0 Å². The predicted octanol–water partition coefficient (Wildman–Crippen LogP) is 3.94. The molecule has 0 N–H and O–H groups in total. The largest absolute Gasteiger partial charge is 0.328 e. The fourth-order valence-electron chi connectivity index (χ4n) is 1.73. The van der Waals surface area contributed by atoms with E-state index in [-0.39, 0.29) is 5.78 Å². The lowest BCUT2D eigenvalue weighted by Gasteiger charge is -2.06. The summed E-state index contributed by atoms with van der Waals surface area (Å²) in [5.41, 5.74) is 0.475. The number of carbonyl (C=O) groups excluding carboxylic acids is 1. The zero-order valence-electron chi connectivity index (χ0n) is 9.86. The average molecular weight is 328 g/mol. The molecule has 0 aliphatic heterocycles. The first-order valence-electron chi connectivity index (χ1n) is 5.64. The Morgan fingerprint density at radius 3 is 2.94 bits per heavy atom. The van der Waals surface area contributed by atoms with Crippen LogP contribution < -0.4 is 0 Å². The molecule has 94 valence electrons. The molecule has 0 spiro atoms. The van der Waals surface area contributed by atoms with E-state index >= 15 is 0 Å². The maximum Gasteiger partial charge on any atom is 0.229 e. The number of rotatable bonds is 4. The zero-order valence-corrected chi connectivity index (χ0v) is 12.2. The average Bonchev–Trinajstić information content (AvgIpc) is 2.77. The molecule has 0 unspecified atom stereocenters. The van der Waals surface area contributed by atoms with Gasteiger partial charge in [0.1, 0.15) is 0 Å². The van der Waals surface area contributed by atoms with E-state index in [1.807, 2.05) is 10.8 Å². The third kappa shape index (κ3) is 2.65. The topological polar surface area (TPSA) is 34.9 Å². The summed E-state index contributed by atoms with van der Waals surface area (Å²) in [4.78, 5) is 16.5. The van der Waals surface area contributed by atoms with Gasteiger partial charge < -0.3 is 4.57 Å². The monoisotopic (exact) mass is 326 g/mol. The Kier molecular flexibility index (Phi) is 4.19. The van der Waals surface area contributed by atoms with Crippen LogP contribution in [0.15, 0.2) is 35.1 Å². The van der Waals surface area contributed by atoms with Crippen molar-refractivity contribution >= 4 is 33.3 Å². The highest BCUT2D eigenvalue weighted by molar-refractivity contribution is 9.10. The van der Waals surface area contributed by atoms with Gasteiger partial charge in [0.05, 0.1) is 5.02 Å². The van der Waals surface area contributed by atoms with Gasteiger partial charge in [0.25, 0.3) is 0 Å². The number of ketones is 1. The van der Waals surface area contributed by atoms with Crippen molar-refractivity contribution in [1.82, 2.24) is 9.55 Å². The van der Waals surface area contributed by atoms with E-state index in [9.17, 15) is 4.79 Å². The molecule has 3 nitrogen and oxygen atoms in total. The summed E-state index contributed by atoms with van der Waals surface area (Å²) in [7, 11) is 0. The molecule has 2 aromatic rings. The minimum absolute atomic E-state index is 0.147. The normalized spacial score (nSPS) is 10.6. The first-order valence-corrected chi connectivity index (χ1v) is 6.81. The van der Waals surface area contributed by atoms with Gasteiger partial charge in [-0.05, 0) is 24.6 Å². The van der Waals surface area contributed by atoms with Crippen molar-refractivity contribution in [1.29, 1.82) is 0 Å². The van der Waals surface area contributed by atoms with E-state index in [0.717, 1.165) is 17.4 Å². The van der Waals surface area contributed by atoms with Crippen molar-refractivity contribution in [2.45, 2.75) is 19.9 Å². The molecule has 1 aromatic carbocycles. The lowest BCUT2D eigenvalue weighted by Crippen LogP contribution is -2.11. The number of aromatic nitrogens is 2. The lowest BCUT2D eigenvalue weighted by molar-refractivity contribution is 0.102. The van der Waals surface area contributed by atoms with E-state index in [2.05, 4.69) is 27.8 Å². The van der Waals surface area contributed by atoms with Gasteiger partial charge in [-0.3, -0.25) is 4.79 Å². The molecule has 1 aromatic heterocycles. The number of hydrogen-bond acceptors (Lipinski definition) is 2. The zero-order chi connectivity index (χ0) is 13.1. The quantitative estimate of drug-likeness (QED) is 0.797. The minimum Gasteiger partial charge on any atom is -0.328 e. The molecule has 0 radical (unpaired) electrons. The summed E-state index contributed by atoms with van der Waals surface area (Å²) in [6, 6.07) is 5.22. The standard InChI is InChI=1S/C13H12BrClN2O/c1-2-6-17-7-5-16-13(17)12(18)10-4-3-9(14)8-11(10)15/h3-5,7-8H,2,6H2,1H3. The highest BCUT2D eigenvalue weighted by Gasteiger charge is 2.17. The molecular formula is C13H12BrClN2O. The van der Waals surface area contributed by atoms with Gasteiger partial charge in [0.2, 0.25) is 5.78 Å². The number of aryl methyl sites for hydroxylation is 1. The van der Waals surface area contributed by atoms with E-state index in [1.165, 1.54) is 0 Å². The van der Waals surface area contributed by atoms with E-state index in [4.69, 9.17) is 11.6 Å². The van der Waals surface area contributed by atoms with Gasteiger partial charge in [-0.25, -0.2) is 4.98 Å². The van der Waals surface area contributed by atoms with Crippen molar-refractivity contribution in [3.05, 3.63) is 51.5 Å². The lowest BCUT2D eigenvalue weighted by atomic mass is 10.1. The van der Waals surface area contributed by atoms with Crippen molar-refractivity contribution in [2.24, 2.45) is 0 Å². The van der Waals surface area contributed by atoms with Crippen LogP contribution in [0.4, 0.5) is 0 Å². The van der Waals surface area contributed by atoms with Crippen LogP contribution in [0.1, 0.15) is 29.5 Å². The van der Waals surface area contributed by atoms with E-state index in [1.54, 1.807) is 24.4 Å². The van der Waals surface area contributed by atoms with Crippen molar-refractivity contribution in [3.8, 4) is 0 Å². The fourth-order valence-corrected chi connectivity index (χ4v) is 2.49. The molecule has 18 heavy (non-hydrogen) atoms. The van der Waals surface area contributed by atoms with Crippen molar-refractivity contribution in [2.75, 3.05) is 0 Å². The van der Waals surface area contributed by atoms with Crippen LogP contribution in [0.3, 0.4) is 0 Å². The second-order valence-corrected chi connectivity index (χ2v) is 5.22. The molecule has 0 aliphatic carbocycles. The van der Waals surface area contributed by atoms with E-state index in [0.29, 0.717) is 16.4 Å². The molecule has 0 atom stereocenters. The van der Waals surface area contributed by atoms with Crippen molar-refractivity contribution < 1.29 is 4.79 Å². The number of halogens is 2. The number of benzene rings is 1. The summed E-state index contributed by atoms with van der Waals surface area (Å²) in [5.74, 6) is 0.284. The van der Waals surface area contributed by atoms with Gasteiger partial charge in [0.15, 0.2) is 5.82 Å². The summed E-state index contributed by atoms with van der Waals surface area (Å²) in [6.45, 7) is 2.83. The van der Waals surface area contributed by atoms with Crippen LogP contribution in [-0.4, -0.2) is 15.3 Å². The molecule has 0 fully saturated rings. The summed E-state index contributed by atoms with van der Waals surface area (Å²) in [5, 5.41) is 0.431. The Morgan fingerprint density at radius 1 is 1.50 bits per heavy atom. The third-order valence-corrected chi connectivity index (χ3v) is 3.36. The Bertz CT molecular complexity index is 580. The second-order valence-electron chi connectivity index (χ2n) is 3.90. The van der Waals surface area contributed by atoms with Gasteiger partial charge in [0, 0.05) is 29.0 Å². The molecule has 0 bridgehead atoms. The second kappa shape index (κ2) is 5.67. The number of hydrogen-bond donors (Lipinski definition) is 0. The van der Waals surface area contributed by atoms with Crippen LogP contribution in [0, 0.1) is 0 Å². The molecular weight excluding hydrogens is 316 g/mol. The maximum atomic E-state index is 12.4. The number of carbonyl (C=O) groups is 1. The summed E-state index contributed by atoms with van der Waals surface area (Å²) >= 11 is 9.40. The van der Waals surface area contributed by atoms with Crippen LogP contribution in [0.2, 0.25) is 5.02 Å². The van der Waals surface area contributed by atoms with Gasteiger partial charge in [-0.1, -0.05) is 34.5 Å². The Morgan fingerprint density at radius 2 is 2.28 bits per heavy atom. The first-order chi connectivity index (χ1) is 8.63. The highest BCUT2D eigenvalue weighted by atomic mass is 79.9. The predicted molar refractivity (Wildman–Crippen MR) is 75.1 cm³/mol. The summed E-state index contributed by atoms with van der Waals surface area (Å²) < 4.78 is 2.70. The SMILES string of the molecule is CCCn1ccnc1C(=O)c1ccc(Br)cc1Cl. The van der Waals surface area contributed by atoms with Gasteiger partial charge in [-0.15, -0.1) is 0 Å². The van der Waals surface area contributed by atoms with Crippen LogP contribution in [-0.2, 0) is 6.54 Å². The van der Waals surface area contributed by atoms with Gasteiger partial charge in [-0.2, -0.15) is 0 Å². The maximum absolute atomic E-state index is 12.4. The Balaban J connectivity index is 2.38. The Hall–Kier alpha value is -1.13. The number of imidazole rings is 1. The van der Waals surface area contributed by atoms with Crippen molar-refractivity contribution in [3.63, 3.8) is 0 Å². The van der Waals surface area contributed by atoms with Crippen LogP contribution in [0.25, 0.3) is 0 Å². The van der Waals surface area contributed by atoms with Gasteiger partial charge >= 0.3 is 0 Å². The smallest absolute Gasteiger partial charge is 0.229 e. The fraction of sp³-hybridized carbons (Fsp3) is 0.231. The first kappa shape index (κ1) is 13.3. The molecule has 0 saturated carbocycles. The molecule has 0 aliphatic rings. The molecule has 0 amide bonds. The van der Waals surface area contributed by atoms with Crippen LogP contribution >= 0.6 is 27.5 Å². The Labute approximate surface area is 119 Å². The highest BCUT2D eigenvalue weighted by Crippen LogP contribution is 2.23. The third-order valence-electron chi connectivity index (χ3n) is 2.56. The minimum atomic E-state index is -0.147. The molecule has 2 rings (SSSR count). The molecule has 1 heterocycles. The summed E-state index contributed by atoms with van der Waals surface area (Å²) in [6.07, 6.45) is 4.39. The molecule has 5 heteroatoms. The van der Waals surface area contributed by atoms with Crippen LogP contribution in [0.5, 0.6) is 0 Å². The number of nitrogens with zero attached hydrogens (tertiary/aromatic N) is 2. The molecule has 0 saturated heterocycles.